The molecule has 2 fully saturated rings. The van der Waals surface area contributed by atoms with Crippen LogP contribution >= 0.6 is 0 Å². The predicted molar refractivity (Wildman–Crippen MR) is 91.0 cm³/mol. The van der Waals surface area contributed by atoms with Crippen LogP contribution in [-0.4, -0.2) is 36.0 Å². The molecule has 4 atom stereocenters. The molecule has 2 aliphatic rings. The molecule has 1 aliphatic carbocycles. The van der Waals surface area contributed by atoms with Crippen molar-refractivity contribution in [1.82, 2.24) is 4.90 Å². The molecular formula is C19H28N2O2. The van der Waals surface area contributed by atoms with E-state index < -0.39 is 0 Å². The van der Waals surface area contributed by atoms with E-state index in [0.717, 1.165) is 25.7 Å². The Morgan fingerprint density at radius 1 is 1.30 bits per heavy atom. The van der Waals surface area contributed by atoms with Crippen LogP contribution in [0.1, 0.15) is 49.8 Å². The lowest BCUT2D eigenvalue weighted by molar-refractivity contribution is -0.150. The number of amides is 1. The molecule has 1 aromatic rings. The fourth-order valence-electron chi connectivity index (χ4n) is 3.89. The fraction of sp³-hybridized carbons (Fsp3) is 0.632. The Kier molecular flexibility index (Phi) is 5.02. The lowest BCUT2D eigenvalue weighted by atomic mass is 9.84. The first kappa shape index (κ1) is 16.5. The van der Waals surface area contributed by atoms with E-state index in [2.05, 4.69) is 26.0 Å². The molecule has 4 heteroatoms. The number of hydrogen-bond acceptors (Lipinski definition) is 3. The molecular weight excluding hydrogens is 288 g/mol. The van der Waals surface area contributed by atoms with Gasteiger partial charge in [0, 0.05) is 12.0 Å². The maximum absolute atomic E-state index is 13.0. The summed E-state index contributed by atoms with van der Waals surface area (Å²) >= 11 is 0. The van der Waals surface area contributed by atoms with Crippen LogP contribution in [0.25, 0.3) is 0 Å². The summed E-state index contributed by atoms with van der Waals surface area (Å²) in [5, 5.41) is 0. The normalized spacial score (nSPS) is 31.9. The molecule has 0 bridgehead atoms. The zero-order chi connectivity index (χ0) is 16.4. The number of hydrogen-bond donors (Lipinski definition) is 1. The smallest absolute Gasteiger partial charge is 0.226 e. The molecule has 0 aromatic heterocycles. The van der Waals surface area contributed by atoms with Crippen LogP contribution in [0.5, 0.6) is 0 Å². The minimum absolute atomic E-state index is 0.0198. The van der Waals surface area contributed by atoms with Crippen LogP contribution in [0.3, 0.4) is 0 Å². The van der Waals surface area contributed by atoms with Gasteiger partial charge in [0.2, 0.25) is 5.91 Å². The molecule has 0 spiro atoms. The van der Waals surface area contributed by atoms with Crippen LogP contribution in [-0.2, 0) is 9.53 Å². The largest absolute Gasteiger partial charge is 0.370 e. The van der Waals surface area contributed by atoms with E-state index in [0.29, 0.717) is 13.2 Å². The van der Waals surface area contributed by atoms with E-state index in [1.54, 1.807) is 0 Å². The molecule has 1 aromatic carbocycles. The molecule has 1 heterocycles. The summed E-state index contributed by atoms with van der Waals surface area (Å²) in [5.41, 5.74) is 8.48. The van der Waals surface area contributed by atoms with E-state index in [1.165, 1.54) is 11.1 Å². The highest BCUT2D eigenvalue weighted by Gasteiger charge is 2.35. The van der Waals surface area contributed by atoms with Crippen molar-refractivity contribution in [3.05, 3.63) is 35.4 Å². The Morgan fingerprint density at radius 3 is 2.83 bits per heavy atom. The Morgan fingerprint density at radius 2 is 2.09 bits per heavy atom. The average Bonchev–Trinajstić information content (AvgIpc) is 2.55. The minimum atomic E-state index is -0.0198. The van der Waals surface area contributed by atoms with Gasteiger partial charge in [-0.1, -0.05) is 30.7 Å². The highest BCUT2D eigenvalue weighted by Crippen LogP contribution is 2.31. The number of ether oxygens (including phenoxy) is 1. The number of nitrogens with zero attached hydrogens (tertiary/aromatic N) is 1. The number of carbonyl (C=O) groups is 1. The summed E-state index contributed by atoms with van der Waals surface area (Å²) in [4.78, 5) is 15.0. The SMILES string of the molecule is Cc1ccccc1[C@@H]1CN(C(=O)[C@@H]2CCC[C@H](N)C2)[C@@H](C)CO1. The van der Waals surface area contributed by atoms with Gasteiger partial charge in [0.05, 0.1) is 19.2 Å². The number of morpholine rings is 1. The summed E-state index contributed by atoms with van der Waals surface area (Å²) in [7, 11) is 0. The zero-order valence-electron chi connectivity index (χ0n) is 14.2. The highest BCUT2D eigenvalue weighted by molar-refractivity contribution is 5.79. The Balaban J connectivity index is 1.73. The van der Waals surface area contributed by atoms with Gasteiger partial charge in [-0.15, -0.1) is 0 Å². The van der Waals surface area contributed by atoms with Gasteiger partial charge < -0.3 is 15.4 Å². The van der Waals surface area contributed by atoms with E-state index in [4.69, 9.17) is 10.5 Å². The van der Waals surface area contributed by atoms with Crippen molar-refractivity contribution < 1.29 is 9.53 Å². The summed E-state index contributed by atoms with van der Waals surface area (Å²) < 4.78 is 6.03. The lowest BCUT2D eigenvalue weighted by Gasteiger charge is -2.41. The van der Waals surface area contributed by atoms with E-state index in [-0.39, 0.29) is 30.0 Å². The van der Waals surface area contributed by atoms with Gasteiger partial charge in [-0.2, -0.15) is 0 Å². The first-order chi connectivity index (χ1) is 11.1. The number of benzene rings is 1. The first-order valence-corrected chi connectivity index (χ1v) is 8.79. The van der Waals surface area contributed by atoms with Crippen LogP contribution in [0, 0.1) is 12.8 Å². The van der Waals surface area contributed by atoms with Crippen molar-refractivity contribution >= 4 is 5.91 Å². The predicted octanol–water partition coefficient (Wildman–Crippen LogP) is 2.80. The third-order valence-electron chi connectivity index (χ3n) is 5.32. The van der Waals surface area contributed by atoms with Crippen molar-refractivity contribution in [2.45, 2.75) is 57.7 Å². The van der Waals surface area contributed by atoms with E-state index in [9.17, 15) is 4.79 Å². The second kappa shape index (κ2) is 7.02. The van der Waals surface area contributed by atoms with Crippen LogP contribution in [0.2, 0.25) is 0 Å². The number of nitrogens with two attached hydrogens (primary N) is 1. The second-order valence-electron chi connectivity index (χ2n) is 7.14. The molecule has 4 nitrogen and oxygen atoms in total. The van der Waals surface area contributed by atoms with Gasteiger partial charge in [-0.25, -0.2) is 0 Å². The molecule has 1 saturated heterocycles. The van der Waals surface area contributed by atoms with E-state index >= 15 is 0 Å². The van der Waals surface area contributed by atoms with Crippen LogP contribution in [0.15, 0.2) is 24.3 Å². The average molecular weight is 316 g/mol. The summed E-state index contributed by atoms with van der Waals surface area (Å²) in [5.74, 6) is 0.367. The zero-order valence-corrected chi connectivity index (χ0v) is 14.2. The first-order valence-electron chi connectivity index (χ1n) is 8.79. The van der Waals surface area contributed by atoms with Gasteiger partial charge in [-0.05, 0) is 44.2 Å². The molecule has 126 valence electrons. The summed E-state index contributed by atoms with van der Waals surface area (Å²) in [6, 6.07) is 8.60. The van der Waals surface area contributed by atoms with Crippen molar-refractivity contribution in [1.29, 1.82) is 0 Å². The highest BCUT2D eigenvalue weighted by atomic mass is 16.5. The van der Waals surface area contributed by atoms with Gasteiger partial charge in [0.1, 0.15) is 6.10 Å². The molecule has 1 amide bonds. The fourth-order valence-corrected chi connectivity index (χ4v) is 3.89. The Hall–Kier alpha value is -1.39. The standard InChI is InChI=1S/C19H28N2O2/c1-13-6-3-4-9-17(13)18-11-21(14(2)12-23-18)19(22)15-7-5-8-16(20)10-15/h3-4,6,9,14-16,18H,5,7-8,10-12,20H2,1-2H3/t14-,15+,16-,18-/m0/s1. The van der Waals surface area contributed by atoms with Gasteiger partial charge >= 0.3 is 0 Å². The third-order valence-corrected chi connectivity index (χ3v) is 5.32. The minimum Gasteiger partial charge on any atom is -0.370 e. The Labute approximate surface area is 139 Å². The molecule has 0 radical (unpaired) electrons. The number of aryl methyl sites for hydroxylation is 1. The van der Waals surface area contributed by atoms with Crippen LogP contribution < -0.4 is 5.73 Å². The lowest BCUT2D eigenvalue weighted by Crippen LogP contribution is -2.51. The maximum atomic E-state index is 13.0. The molecule has 23 heavy (non-hydrogen) atoms. The van der Waals surface area contributed by atoms with Crippen molar-refractivity contribution in [2.24, 2.45) is 11.7 Å². The monoisotopic (exact) mass is 316 g/mol. The van der Waals surface area contributed by atoms with Crippen molar-refractivity contribution in [2.75, 3.05) is 13.2 Å². The van der Waals surface area contributed by atoms with Crippen molar-refractivity contribution in [3.63, 3.8) is 0 Å². The Bertz CT molecular complexity index is 560. The maximum Gasteiger partial charge on any atom is 0.226 e. The molecule has 0 unspecified atom stereocenters. The van der Waals surface area contributed by atoms with Gasteiger partial charge in [0.25, 0.3) is 0 Å². The second-order valence-corrected chi connectivity index (χ2v) is 7.14. The molecule has 2 N–H and O–H groups in total. The molecule has 3 rings (SSSR count). The van der Waals surface area contributed by atoms with E-state index in [1.807, 2.05) is 17.0 Å². The molecule has 1 saturated carbocycles. The molecule has 1 aliphatic heterocycles. The van der Waals surface area contributed by atoms with Crippen LogP contribution in [0.4, 0.5) is 0 Å². The quantitative estimate of drug-likeness (QED) is 0.913. The summed E-state index contributed by atoms with van der Waals surface area (Å²) in [6.07, 6.45) is 3.91. The topological polar surface area (TPSA) is 55.6 Å². The third kappa shape index (κ3) is 3.59. The van der Waals surface area contributed by atoms with Gasteiger partial charge in [-0.3, -0.25) is 4.79 Å². The number of rotatable bonds is 2. The number of carbonyl (C=O) groups excluding carboxylic acids is 1. The van der Waals surface area contributed by atoms with Gasteiger partial charge in [0.15, 0.2) is 0 Å². The van der Waals surface area contributed by atoms with Crippen molar-refractivity contribution in [3.8, 4) is 0 Å². The summed E-state index contributed by atoms with van der Waals surface area (Å²) in [6.45, 7) is 5.43.